The van der Waals surface area contributed by atoms with Crippen molar-refractivity contribution in [3.8, 4) is 11.8 Å². The van der Waals surface area contributed by atoms with Crippen LogP contribution in [0.25, 0.3) is 16.6 Å². The smallest absolute Gasteiger partial charge is 0.309 e. The molecule has 0 aliphatic carbocycles. The first-order valence-electron chi connectivity index (χ1n) is 9.94. The Kier molecular flexibility index (Phi) is 6.61. The highest BCUT2D eigenvalue weighted by Gasteiger charge is 2.15. The monoisotopic (exact) mass is 419 g/mol. The second-order valence-electron chi connectivity index (χ2n) is 8.07. The molecule has 0 saturated carbocycles. The van der Waals surface area contributed by atoms with E-state index in [1.807, 2.05) is 48.5 Å². The number of nitrogens with zero attached hydrogens (tertiary/aromatic N) is 2. The zero-order valence-electron chi connectivity index (χ0n) is 17.8. The molecule has 7 nitrogen and oxygen atoms in total. The fourth-order valence-corrected chi connectivity index (χ4v) is 2.92. The van der Waals surface area contributed by atoms with Crippen LogP contribution >= 0.6 is 0 Å². The van der Waals surface area contributed by atoms with E-state index in [9.17, 15) is 15.2 Å². The number of aliphatic hydroxyl groups is 1. The number of nitriles is 1. The van der Waals surface area contributed by atoms with E-state index in [2.05, 4.69) is 30.7 Å². The number of rotatable bonds is 7. The first-order valence-corrected chi connectivity index (χ1v) is 9.94. The molecule has 0 saturated heterocycles. The van der Waals surface area contributed by atoms with Gasteiger partial charge in [0.25, 0.3) is 0 Å². The molecule has 3 rings (SSSR count). The summed E-state index contributed by atoms with van der Waals surface area (Å²) in [4.78, 5) is 19.2. The van der Waals surface area contributed by atoms with Crippen molar-refractivity contribution < 1.29 is 19.4 Å². The molecule has 1 aromatic heterocycles. The quantitative estimate of drug-likeness (QED) is 0.327. The molecule has 31 heavy (non-hydrogen) atoms. The third kappa shape index (κ3) is 5.64. The molecule has 0 unspecified atom stereocenters. The van der Waals surface area contributed by atoms with Crippen molar-refractivity contribution in [1.29, 1.82) is 5.26 Å². The first kappa shape index (κ1) is 21.9. The average molecular weight is 419 g/mol. The summed E-state index contributed by atoms with van der Waals surface area (Å²) in [5.41, 5.74) is 2.59. The second kappa shape index (κ2) is 9.35. The van der Waals surface area contributed by atoms with Crippen LogP contribution in [0.1, 0.15) is 38.6 Å². The fourth-order valence-electron chi connectivity index (χ4n) is 2.92. The Labute approximate surface area is 180 Å². The molecule has 0 radical (unpaired) electrons. The molecular formula is C24H25N3O4. The van der Waals surface area contributed by atoms with Gasteiger partial charge in [-0.05, 0) is 35.2 Å². The Bertz CT molecular complexity index is 1100. The number of imidazole rings is 1. The Hall–Kier alpha value is -3.79. The van der Waals surface area contributed by atoms with Crippen LogP contribution < -0.4 is 4.74 Å². The molecule has 7 heteroatoms. The van der Waals surface area contributed by atoms with Gasteiger partial charge in [0.2, 0.25) is 0 Å². The lowest BCUT2D eigenvalue weighted by Gasteiger charge is -2.19. The summed E-state index contributed by atoms with van der Waals surface area (Å²) in [6.07, 6.45) is 0.0147. The molecule has 0 atom stereocenters. The molecule has 0 aliphatic rings. The zero-order chi connectivity index (χ0) is 22.4. The summed E-state index contributed by atoms with van der Waals surface area (Å²) in [7, 11) is 0. The summed E-state index contributed by atoms with van der Waals surface area (Å²) in [5.74, 6) is -0.0205. The number of ether oxygens (including phenoxy) is 2. The number of esters is 1. The molecule has 0 bridgehead atoms. The summed E-state index contributed by atoms with van der Waals surface area (Å²) in [6.45, 7) is 6.13. The Morgan fingerprint density at radius 1 is 1.16 bits per heavy atom. The van der Waals surface area contributed by atoms with Gasteiger partial charge in [0.05, 0.1) is 24.1 Å². The van der Waals surface area contributed by atoms with Gasteiger partial charge in [-0.15, -0.1) is 0 Å². The van der Waals surface area contributed by atoms with Crippen LogP contribution in [0.15, 0.2) is 54.3 Å². The number of hydrogen-bond donors (Lipinski definition) is 2. The van der Waals surface area contributed by atoms with E-state index in [0.29, 0.717) is 11.3 Å². The predicted octanol–water partition coefficient (Wildman–Crippen LogP) is 4.67. The highest BCUT2D eigenvalue weighted by Crippen LogP contribution is 2.24. The van der Waals surface area contributed by atoms with Gasteiger partial charge in [0, 0.05) is 0 Å². The Balaban J connectivity index is 1.51. The van der Waals surface area contributed by atoms with Crippen LogP contribution in [-0.2, 0) is 14.9 Å². The molecule has 0 amide bonds. The molecule has 160 valence electrons. The van der Waals surface area contributed by atoms with E-state index in [-0.39, 0.29) is 35.6 Å². The van der Waals surface area contributed by atoms with Crippen LogP contribution in [0.2, 0.25) is 0 Å². The lowest BCUT2D eigenvalue weighted by atomic mass is 9.87. The summed E-state index contributed by atoms with van der Waals surface area (Å²) < 4.78 is 10.6. The van der Waals surface area contributed by atoms with Crippen LogP contribution in [-0.4, -0.2) is 34.3 Å². The number of aliphatic hydroxyl groups excluding tert-OH is 1. The zero-order valence-corrected chi connectivity index (χ0v) is 17.8. The topological polar surface area (TPSA) is 108 Å². The second-order valence-corrected chi connectivity index (χ2v) is 8.07. The lowest BCUT2D eigenvalue weighted by Crippen LogP contribution is -2.13. The van der Waals surface area contributed by atoms with Gasteiger partial charge in [-0.3, -0.25) is 4.79 Å². The van der Waals surface area contributed by atoms with E-state index in [0.717, 1.165) is 5.52 Å². The number of hydrogen-bond acceptors (Lipinski definition) is 6. The summed E-state index contributed by atoms with van der Waals surface area (Å²) in [5, 5.41) is 19.6. The maximum absolute atomic E-state index is 12.0. The van der Waals surface area contributed by atoms with E-state index < -0.39 is 12.6 Å². The molecule has 1 heterocycles. The number of nitrogens with one attached hydrogen (secondary N) is 1. The number of aromatic amines is 1. The van der Waals surface area contributed by atoms with E-state index in [4.69, 9.17) is 9.47 Å². The van der Waals surface area contributed by atoms with E-state index >= 15 is 0 Å². The number of aromatic nitrogens is 2. The third-order valence-corrected chi connectivity index (χ3v) is 4.69. The Morgan fingerprint density at radius 3 is 2.52 bits per heavy atom. The fraction of sp³-hybridized carbons (Fsp3) is 0.292. The van der Waals surface area contributed by atoms with Crippen molar-refractivity contribution in [2.24, 2.45) is 0 Å². The maximum Gasteiger partial charge on any atom is 0.309 e. The van der Waals surface area contributed by atoms with Gasteiger partial charge in [0.1, 0.15) is 24.0 Å². The van der Waals surface area contributed by atoms with E-state index in [1.165, 1.54) is 5.56 Å². The summed E-state index contributed by atoms with van der Waals surface area (Å²) >= 11 is 0. The number of carbonyl (C=O) groups is 1. The number of allylic oxidation sites excluding steroid dienone is 1. The number of benzene rings is 2. The normalized spacial score (nSPS) is 12.2. The predicted molar refractivity (Wildman–Crippen MR) is 117 cm³/mol. The molecule has 2 aromatic carbocycles. The van der Waals surface area contributed by atoms with Crippen molar-refractivity contribution in [1.82, 2.24) is 9.97 Å². The first-order chi connectivity index (χ1) is 14.8. The minimum absolute atomic E-state index is 0.0147. The molecule has 2 N–H and O–H groups in total. The third-order valence-electron chi connectivity index (χ3n) is 4.69. The number of para-hydroxylation sites is 2. The van der Waals surface area contributed by atoms with Crippen molar-refractivity contribution in [2.75, 3.05) is 13.2 Å². The van der Waals surface area contributed by atoms with Gasteiger partial charge >= 0.3 is 5.97 Å². The summed E-state index contributed by atoms with van der Waals surface area (Å²) in [6, 6.07) is 16.9. The molecule has 0 aliphatic heterocycles. The maximum atomic E-state index is 12.0. The van der Waals surface area contributed by atoms with Crippen molar-refractivity contribution >= 4 is 22.6 Å². The highest BCUT2D eigenvalue weighted by molar-refractivity contribution is 5.83. The van der Waals surface area contributed by atoms with Gasteiger partial charge in [-0.25, -0.2) is 4.98 Å². The minimum Gasteiger partial charge on any atom is -0.507 e. The lowest BCUT2D eigenvalue weighted by molar-refractivity contribution is -0.143. The van der Waals surface area contributed by atoms with E-state index in [1.54, 1.807) is 6.07 Å². The van der Waals surface area contributed by atoms with Crippen molar-refractivity contribution in [3.63, 3.8) is 0 Å². The largest absolute Gasteiger partial charge is 0.507 e. The molecule has 3 aromatic rings. The van der Waals surface area contributed by atoms with Gasteiger partial charge < -0.3 is 19.6 Å². The highest BCUT2D eigenvalue weighted by atomic mass is 16.5. The standard InChI is InChI=1S/C24H25N3O4/c1-24(2,3)16-8-10-17(11-9-16)30-13-12-22(29)31-15-21(28)18(14-25)23-26-19-6-4-5-7-20(19)27-23/h4-11,28H,12-13,15H2,1-3H3,(H,26,27)/b21-18-. The SMILES string of the molecule is CC(C)(C)c1ccc(OCCC(=O)OC/C(O)=C(\C#N)c2nc3ccccc3[nH]2)cc1. The van der Waals surface area contributed by atoms with Crippen LogP contribution in [0.3, 0.4) is 0 Å². The van der Waals surface area contributed by atoms with Crippen molar-refractivity contribution in [3.05, 3.63) is 65.7 Å². The molecule has 0 spiro atoms. The number of fused-ring (bicyclic) bond motifs is 1. The van der Waals surface area contributed by atoms with Crippen LogP contribution in [0.4, 0.5) is 0 Å². The van der Waals surface area contributed by atoms with Crippen LogP contribution in [0.5, 0.6) is 5.75 Å². The van der Waals surface area contributed by atoms with Gasteiger partial charge in [-0.2, -0.15) is 5.26 Å². The minimum atomic E-state index is -0.542. The number of carbonyl (C=O) groups excluding carboxylic acids is 1. The van der Waals surface area contributed by atoms with Gasteiger partial charge in [0.15, 0.2) is 11.6 Å². The van der Waals surface area contributed by atoms with Gasteiger partial charge in [-0.1, -0.05) is 45.0 Å². The molecule has 0 fully saturated rings. The Morgan fingerprint density at radius 2 is 1.87 bits per heavy atom. The van der Waals surface area contributed by atoms with Crippen molar-refractivity contribution in [2.45, 2.75) is 32.6 Å². The average Bonchev–Trinajstić information content (AvgIpc) is 3.16. The number of H-pyrrole nitrogens is 1. The molecular weight excluding hydrogens is 394 g/mol. The van der Waals surface area contributed by atoms with Crippen LogP contribution in [0, 0.1) is 11.3 Å².